The molecular formula is C11H12N6. The van der Waals surface area contributed by atoms with Crippen LogP contribution in [0, 0.1) is 0 Å². The van der Waals surface area contributed by atoms with E-state index >= 15 is 0 Å². The number of aryl methyl sites for hydroxylation is 1. The molecule has 0 aliphatic carbocycles. The molecule has 0 spiro atoms. The van der Waals surface area contributed by atoms with Crippen LogP contribution >= 0.6 is 0 Å². The fourth-order valence-electron chi connectivity index (χ4n) is 1.87. The van der Waals surface area contributed by atoms with Gasteiger partial charge in [0.15, 0.2) is 5.65 Å². The molecule has 17 heavy (non-hydrogen) atoms. The first kappa shape index (κ1) is 9.83. The van der Waals surface area contributed by atoms with E-state index in [4.69, 9.17) is 5.73 Å². The number of nitrogens with two attached hydrogens (primary N) is 1. The number of nitrogens with zero attached hydrogens (tertiary/aromatic N) is 5. The molecule has 0 atom stereocenters. The molecule has 0 aliphatic rings. The fraction of sp³-hybridized carbons (Fsp3) is 0.182. The van der Waals surface area contributed by atoms with Crippen molar-refractivity contribution in [2.24, 2.45) is 7.05 Å². The second-order valence-electron chi connectivity index (χ2n) is 3.92. The van der Waals surface area contributed by atoms with Crippen molar-refractivity contribution in [1.82, 2.24) is 24.3 Å². The molecule has 0 aromatic carbocycles. The van der Waals surface area contributed by atoms with Crippen LogP contribution in [0.3, 0.4) is 0 Å². The number of imidazole rings is 1. The summed E-state index contributed by atoms with van der Waals surface area (Å²) in [5, 5.41) is 4.13. The first-order valence-electron chi connectivity index (χ1n) is 5.28. The SMILES string of the molecule is Cn1cc(Cn2c(N)nc3cccnc32)cn1. The molecule has 0 bridgehead atoms. The summed E-state index contributed by atoms with van der Waals surface area (Å²) in [6, 6.07) is 3.75. The minimum absolute atomic E-state index is 0.475. The molecule has 2 N–H and O–H groups in total. The molecule has 3 rings (SSSR count). The summed E-state index contributed by atoms with van der Waals surface area (Å²) in [5.41, 5.74) is 8.58. The van der Waals surface area contributed by atoms with E-state index in [-0.39, 0.29) is 0 Å². The standard InChI is InChI=1S/C11H12N6/c1-16-6-8(5-14-16)7-17-10-9(15-11(17)12)3-2-4-13-10/h2-6H,7H2,1H3,(H2,12,15). The van der Waals surface area contributed by atoms with E-state index in [0.717, 1.165) is 16.7 Å². The maximum atomic E-state index is 5.89. The number of hydrogen-bond donors (Lipinski definition) is 1. The maximum absolute atomic E-state index is 5.89. The summed E-state index contributed by atoms with van der Waals surface area (Å²) in [4.78, 5) is 8.57. The predicted octanol–water partition coefficient (Wildman–Crippen LogP) is 0.795. The van der Waals surface area contributed by atoms with Crippen LogP contribution in [0.2, 0.25) is 0 Å². The fourth-order valence-corrected chi connectivity index (χ4v) is 1.87. The van der Waals surface area contributed by atoms with Crippen LogP contribution in [-0.4, -0.2) is 24.3 Å². The van der Waals surface area contributed by atoms with Gasteiger partial charge in [0, 0.05) is 25.0 Å². The molecule has 6 nitrogen and oxygen atoms in total. The third-order valence-electron chi connectivity index (χ3n) is 2.63. The van der Waals surface area contributed by atoms with Gasteiger partial charge in [0.25, 0.3) is 0 Å². The molecule has 0 fully saturated rings. The van der Waals surface area contributed by atoms with Crippen molar-refractivity contribution in [1.29, 1.82) is 0 Å². The zero-order valence-corrected chi connectivity index (χ0v) is 9.41. The number of rotatable bonds is 2. The number of pyridine rings is 1. The normalized spacial score (nSPS) is 11.1. The topological polar surface area (TPSA) is 74.5 Å². The van der Waals surface area contributed by atoms with Gasteiger partial charge in [-0.25, -0.2) is 9.97 Å². The van der Waals surface area contributed by atoms with E-state index in [0.29, 0.717) is 12.5 Å². The Labute approximate surface area is 97.7 Å². The molecule has 3 heterocycles. The van der Waals surface area contributed by atoms with Crippen molar-refractivity contribution in [3.05, 3.63) is 36.3 Å². The van der Waals surface area contributed by atoms with Gasteiger partial charge >= 0.3 is 0 Å². The predicted molar refractivity (Wildman–Crippen MR) is 64.3 cm³/mol. The van der Waals surface area contributed by atoms with Gasteiger partial charge in [-0.2, -0.15) is 5.10 Å². The first-order chi connectivity index (χ1) is 8.24. The van der Waals surface area contributed by atoms with E-state index in [1.165, 1.54) is 0 Å². The average molecular weight is 228 g/mol. The number of hydrogen-bond acceptors (Lipinski definition) is 4. The highest BCUT2D eigenvalue weighted by molar-refractivity contribution is 5.73. The molecule has 86 valence electrons. The highest BCUT2D eigenvalue weighted by atomic mass is 15.2. The van der Waals surface area contributed by atoms with E-state index < -0.39 is 0 Å². The molecular weight excluding hydrogens is 216 g/mol. The van der Waals surface area contributed by atoms with Gasteiger partial charge in [0.1, 0.15) is 5.52 Å². The lowest BCUT2D eigenvalue weighted by Gasteiger charge is -2.02. The summed E-state index contributed by atoms with van der Waals surface area (Å²) in [6.07, 6.45) is 5.51. The smallest absolute Gasteiger partial charge is 0.202 e. The molecule has 6 heteroatoms. The van der Waals surface area contributed by atoms with Crippen molar-refractivity contribution >= 4 is 17.1 Å². The van der Waals surface area contributed by atoms with E-state index in [9.17, 15) is 0 Å². The Hall–Kier alpha value is -2.37. The molecule has 0 radical (unpaired) electrons. The minimum atomic E-state index is 0.475. The van der Waals surface area contributed by atoms with Crippen LogP contribution in [0.25, 0.3) is 11.2 Å². The summed E-state index contributed by atoms with van der Waals surface area (Å²) < 4.78 is 3.64. The number of aromatic nitrogens is 5. The van der Waals surface area contributed by atoms with Gasteiger partial charge in [0.05, 0.1) is 12.7 Å². The van der Waals surface area contributed by atoms with E-state index in [2.05, 4.69) is 15.1 Å². The van der Waals surface area contributed by atoms with Crippen LogP contribution in [0.15, 0.2) is 30.7 Å². The Balaban J connectivity index is 2.08. The highest BCUT2D eigenvalue weighted by Gasteiger charge is 2.09. The summed E-state index contributed by atoms with van der Waals surface area (Å²) in [6.45, 7) is 0.632. The van der Waals surface area contributed by atoms with Crippen LogP contribution in [0.1, 0.15) is 5.56 Å². The summed E-state index contributed by atoms with van der Waals surface area (Å²) >= 11 is 0. The van der Waals surface area contributed by atoms with E-state index in [1.807, 2.05) is 36.1 Å². The number of anilines is 1. The third-order valence-corrected chi connectivity index (χ3v) is 2.63. The Kier molecular flexibility index (Phi) is 2.07. The third kappa shape index (κ3) is 1.63. The largest absolute Gasteiger partial charge is 0.369 e. The second kappa shape index (κ2) is 3.58. The molecule has 0 saturated heterocycles. The summed E-state index contributed by atoms with van der Waals surface area (Å²) in [7, 11) is 1.89. The number of fused-ring (bicyclic) bond motifs is 1. The van der Waals surface area contributed by atoms with Crippen LogP contribution in [0.5, 0.6) is 0 Å². The van der Waals surface area contributed by atoms with Gasteiger partial charge < -0.3 is 5.73 Å². The van der Waals surface area contributed by atoms with Gasteiger partial charge in [-0.1, -0.05) is 0 Å². The van der Waals surface area contributed by atoms with Gasteiger partial charge in [-0.05, 0) is 12.1 Å². The lowest BCUT2D eigenvalue weighted by atomic mass is 10.3. The van der Waals surface area contributed by atoms with Crippen molar-refractivity contribution in [3.8, 4) is 0 Å². The Bertz CT molecular complexity index is 665. The summed E-state index contributed by atoms with van der Waals surface area (Å²) in [5.74, 6) is 0.475. The average Bonchev–Trinajstić information content (AvgIpc) is 2.85. The van der Waals surface area contributed by atoms with Crippen molar-refractivity contribution in [2.45, 2.75) is 6.54 Å². The van der Waals surface area contributed by atoms with Crippen LogP contribution in [-0.2, 0) is 13.6 Å². The van der Waals surface area contributed by atoms with Crippen molar-refractivity contribution in [2.75, 3.05) is 5.73 Å². The maximum Gasteiger partial charge on any atom is 0.202 e. The quantitative estimate of drug-likeness (QED) is 0.703. The molecule has 0 saturated carbocycles. The zero-order chi connectivity index (χ0) is 11.8. The molecule has 0 aliphatic heterocycles. The first-order valence-corrected chi connectivity index (χ1v) is 5.28. The molecule has 0 unspecified atom stereocenters. The molecule has 3 aromatic heterocycles. The van der Waals surface area contributed by atoms with Crippen LogP contribution in [0.4, 0.5) is 5.95 Å². The van der Waals surface area contributed by atoms with Crippen molar-refractivity contribution < 1.29 is 0 Å². The highest BCUT2D eigenvalue weighted by Crippen LogP contribution is 2.16. The Morgan fingerprint density at radius 3 is 3.06 bits per heavy atom. The minimum Gasteiger partial charge on any atom is -0.369 e. The van der Waals surface area contributed by atoms with Gasteiger partial charge in [0.2, 0.25) is 5.95 Å². The van der Waals surface area contributed by atoms with E-state index in [1.54, 1.807) is 10.9 Å². The Morgan fingerprint density at radius 2 is 2.29 bits per heavy atom. The monoisotopic (exact) mass is 228 g/mol. The lowest BCUT2D eigenvalue weighted by molar-refractivity contribution is 0.764. The van der Waals surface area contributed by atoms with Gasteiger partial charge in [-0.3, -0.25) is 9.25 Å². The van der Waals surface area contributed by atoms with Crippen LogP contribution < -0.4 is 5.73 Å². The zero-order valence-electron chi connectivity index (χ0n) is 9.41. The second-order valence-corrected chi connectivity index (χ2v) is 3.92. The molecule has 0 amide bonds. The van der Waals surface area contributed by atoms with Crippen molar-refractivity contribution in [3.63, 3.8) is 0 Å². The molecule has 3 aromatic rings. The lowest BCUT2D eigenvalue weighted by Crippen LogP contribution is -2.04. The number of nitrogen functional groups attached to an aromatic ring is 1. The Morgan fingerprint density at radius 1 is 1.41 bits per heavy atom. The van der Waals surface area contributed by atoms with Gasteiger partial charge in [-0.15, -0.1) is 0 Å².